The number of hydrogen-bond donors (Lipinski definition) is 3. The highest BCUT2D eigenvalue weighted by molar-refractivity contribution is 6.00. The van der Waals surface area contributed by atoms with Crippen LogP contribution in [0.4, 0.5) is 16.2 Å². The number of nitrogens with one attached hydrogen (secondary N) is 2. The van der Waals surface area contributed by atoms with E-state index in [0.29, 0.717) is 47.2 Å². The molecule has 0 bridgehead atoms. The molecule has 0 aliphatic carbocycles. The SMILES string of the molecule is Cc1noc(C)c1NC(=O)Nc1ccc2c(c1)CC(=O)N([C@H](C)CO)C[C@@H](C)[C@@H](CN(C)Cc1ccc(-c3ccccc3)cc1)O2. The van der Waals surface area contributed by atoms with Crippen molar-refractivity contribution >= 4 is 23.3 Å². The summed E-state index contributed by atoms with van der Waals surface area (Å²) in [6, 6.07) is 23.5. The predicted molar refractivity (Wildman–Crippen MR) is 179 cm³/mol. The van der Waals surface area contributed by atoms with Crippen molar-refractivity contribution in [2.75, 3.05) is 37.4 Å². The van der Waals surface area contributed by atoms with Crippen LogP contribution in [-0.2, 0) is 17.8 Å². The topological polar surface area (TPSA) is 120 Å². The lowest BCUT2D eigenvalue weighted by Gasteiger charge is -2.34. The van der Waals surface area contributed by atoms with E-state index in [4.69, 9.17) is 9.26 Å². The van der Waals surface area contributed by atoms with Gasteiger partial charge in [-0.25, -0.2) is 4.79 Å². The summed E-state index contributed by atoms with van der Waals surface area (Å²) in [6.07, 6.45) is -0.169. The standard InChI is InChI=1S/C36H43N5O5/c1-23-19-41(24(2)22-42)34(43)18-30-17-31(37-36(44)38-35-25(3)39-46-26(35)4)15-16-32(30)45-33(23)21-40(5)20-27-11-13-29(14-12-27)28-9-7-6-8-10-28/h6-17,23-24,33,42H,18-22H2,1-5H3,(H2,37,38,44)/t23-,24-,33-/m1/s1. The summed E-state index contributed by atoms with van der Waals surface area (Å²) in [4.78, 5) is 30.3. The van der Waals surface area contributed by atoms with E-state index in [1.54, 1.807) is 36.9 Å². The first-order chi connectivity index (χ1) is 22.1. The van der Waals surface area contributed by atoms with E-state index in [0.717, 1.165) is 6.54 Å². The summed E-state index contributed by atoms with van der Waals surface area (Å²) in [7, 11) is 2.07. The van der Waals surface area contributed by atoms with E-state index in [9.17, 15) is 14.7 Å². The Bertz CT molecular complexity index is 1620. The molecule has 3 amide bonds. The average Bonchev–Trinajstić information content (AvgIpc) is 3.38. The number of urea groups is 1. The monoisotopic (exact) mass is 625 g/mol. The van der Waals surface area contributed by atoms with Gasteiger partial charge in [-0.05, 0) is 62.7 Å². The van der Waals surface area contributed by atoms with Gasteiger partial charge in [0, 0.05) is 36.8 Å². The van der Waals surface area contributed by atoms with Crippen molar-refractivity contribution in [3.05, 3.63) is 95.4 Å². The molecule has 10 heteroatoms. The maximum atomic E-state index is 13.6. The van der Waals surface area contributed by atoms with Gasteiger partial charge < -0.3 is 29.9 Å². The Morgan fingerprint density at radius 1 is 1.07 bits per heavy atom. The molecule has 0 saturated carbocycles. The molecule has 46 heavy (non-hydrogen) atoms. The molecule has 0 fully saturated rings. The maximum absolute atomic E-state index is 13.6. The number of fused-ring (bicyclic) bond motifs is 1. The molecule has 3 aromatic carbocycles. The zero-order chi connectivity index (χ0) is 32.8. The fourth-order valence-electron chi connectivity index (χ4n) is 5.78. The normalized spacial score (nSPS) is 17.4. The molecular weight excluding hydrogens is 582 g/mol. The molecule has 1 aromatic heterocycles. The third kappa shape index (κ3) is 7.94. The van der Waals surface area contributed by atoms with Crippen LogP contribution in [0.2, 0.25) is 0 Å². The van der Waals surface area contributed by atoms with Crippen molar-refractivity contribution in [1.82, 2.24) is 15.0 Å². The van der Waals surface area contributed by atoms with Crippen LogP contribution in [0.25, 0.3) is 11.1 Å². The number of carbonyl (C=O) groups is 2. The summed E-state index contributed by atoms with van der Waals surface area (Å²) < 4.78 is 11.8. The number of likely N-dealkylation sites (N-methyl/N-ethyl adjacent to an activating group) is 1. The zero-order valence-corrected chi connectivity index (χ0v) is 27.1. The van der Waals surface area contributed by atoms with Gasteiger partial charge in [-0.1, -0.05) is 66.7 Å². The molecule has 5 rings (SSSR count). The van der Waals surface area contributed by atoms with Crippen molar-refractivity contribution in [2.24, 2.45) is 5.92 Å². The van der Waals surface area contributed by atoms with E-state index >= 15 is 0 Å². The van der Waals surface area contributed by atoms with Crippen molar-refractivity contribution in [1.29, 1.82) is 0 Å². The number of aromatic nitrogens is 1. The van der Waals surface area contributed by atoms with Crippen LogP contribution in [0, 0.1) is 19.8 Å². The van der Waals surface area contributed by atoms with Gasteiger partial charge >= 0.3 is 6.03 Å². The summed E-state index contributed by atoms with van der Waals surface area (Å²) >= 11 is 0. The number of carbonyl (C=O) groups excluding carboxylic acids is 2. The van der Waals surface area contributed by atoms with Gasteiger partial charge in [0.2, 0.25) is 5.91 Å². The molecule has 1 aliphatic rings. The number of rotatable bonds is 9. The molecule has 1 aliphatic heterocycles. The van der Waals surface area contributed by atoms with Crippen LogP contribution < -0.4 is 15.4 Å². The van der Waals surface area contributed by atoms with Gasteiger partial charge in [0.15, 0.2) is 5.76 Å². The maximum Gasteiger partial charge on any atom is 0.323 e. The van der Waals surface area contributed by atoms with E-state index in [1.165, 1.54) is 16.7 Å². The molecule has 2 heterocycles. The molecular formula is C36H43N5O5. The Morgan fingerprint density at radius 2 is 1.78 bits per heavy atom. The first kappa shape index (κ1) is 32.7. The fraction of sp³-hybridized carbons (Fsp3) is 0.361. The quantitative estimate of drug-likeness (QED) is 0.212. The number of amides is 3. The van der Waals surface area contributed by atoms with Crippen molar-refractivity contribution in [3.8, 4) is 16.9 Å². The van der Waals surface area contributed by atoms with Gasteiger partial charge in [0.25, 0.3) is 0 Å². The Morgan fingerprint density at radius 3 is 2.46 bits per heavy atom. The Kier molecular flexibility index (Phi) is 10.4. The van der Waals surface area contributed by atoms with Crippen LogP contribution in [0.1, 0.15) is 36.4 Å². The van der Waals surface area contributed by atoms with Crippen LogP contribution >= 0.6 is 0 Å². The molecule has 3 N–H and O–H groups in total. The lowest BCUT2D eigenvalue weighted by molar-refractivity contribution is -0.134. The van der Waals surface area contributed by atoms with Gasteiger partial charge in [-0.2, -0.15) is 0 Å². The number of aryl methyl sites for hydroxylation is 2. The number of nitrogens with zero attached hydrogens (tertiary/aromatic N) is 3. The van der Waals surface area contributed by atoms with E-state index < -0.39 is 6.03 Å². The molecule has 10 nitrogen and oxygen atoms in total. The van der Waals surface area contributed by atoms with Crippen LogP contribution in [-0.4, -0.2) is 70.9 Å². The van der Waals surface area contributed by atoms with E-state index in [2.05, 4.69) is 71.1 Å². The first-order valence-electron chi connectivity index (χ1n) is 15.6. The van der Waals surface area contributed by atoms with E-state index in [1.807, 2.05) is 25.1 Å². The molecule has 0 spiro atoms. The van der Waals surface area contributed by atoms with Gasteiger partial charge in [-0.15, -0.1) is 0 Å². The molecule has 0 radical (unpaired) electrons. The highest BCUT2D eigenvalue weighted by atomic mass is 16.5. The third-order valence-electron chi connectivity index (χ3n) is 8.45. The van der Waals surface area contributed by atoms with Gasteiger partial charge in [0.1, 0.15) is 23.2 Å². The Labute approximate surface area is 270 Å². The molecule has 4 aromatic rings. The summed E-state index contributed by atoms with van der Waals surface area (Å²) in [5.74, 6) is 0.975. The number of anilines is 2. The number of aliphatic hydroxyl groups excluding tert-OH is 1. The third-order valence-corrected chi connectivity index (χ3v) is 8.45. The number of ether oxygens (including phenoxy) is 1. The van der Waals surface area contributed by atoms with Crippen LogP contribution in [0.5, 0.6) is 5.75 Å². The lowest BCUT2D eigenvalue weighted by Crippen LogP contribution is -2.47. The lowest BCUT2D eigenvalue weighted by atomic mass is 10.0. The Hall–Kier alpha value is -4.67. The van der Waals surface area contributed by atoms with Crippen LogP contribution in [0.15, 0.2) is 77.3 Å². The minimum atomic E-state index is -0.454. The van der Waals surface area contributed by atoms with Crippen molar-refractivity contribution < 1.29 is 24.0 Å². The summed E-state index contributed by atoms with van der Waals surface area (Å²) in [6.45, 7) is 9.06. The Balaban J connectivity index is 1.33. The second-order valence-corrected chi connectivity index (χ2v) is 12.2. The second kappa shape index (κ2) is 14.6. The van der Waals surface area contributed by atoms with Crippen molar-refractivity contribution in [2.45, 2.75) is 52.8 Å². The van der Waals surface area contributed by atoms with Crippen LogP contribution in [0.3, 0.4) is 0 Å². The summed E-state index contributed by atoms with van der Waals surface area (Å²) in [5, 5.41) is 19.5. The molecule has 0 unspecified atom stereocenters. The summed E-state index contributed by atoms with van der Waals surface area (Å²) in [5.41, 5.74) is 5.82. The number of benzene rings is 3. The smallest absolute Gasteiger partial charge is 0.323 e. The largest absolute Gasteiger partial charge is 0.488 e. The van der Waals surface area contributed by atoms with Crippen molar-refractivity contribution in [3.63, 3.8) is 0 Å². The van der Waals surface area contributed by atoms with Gasteiger partial charge in [-0.3, -0.25) is 9.69 Å². The number of aliphatic hydroxyl groups is 1. The van der Waals surface area contributed by atoms with Gasteiger partial charge in [0.05, 0.1) is 19.1 Å². The highest BCUT2D eigenvalue weighted by Crippen LogP contribution is 2.30. The van der Waals surface area contributed by atoms with E-state index in [-0.39, 0.29) is 37.0 Å². The molecule has 0 saturated heterocycles. The highest BCUT2D eigenvalue weighted by Gasteiger charge is 2.31. The molecule has 3 atom stereocenters. The fourth-order valence-corrected chi connectivity index (χ4v) is 5.78. The number of hydrogen-bond acceptors (Lipinski definition) is 7. The predicted octanol–water partition coefficient (Wildman–Crippen LogP) is 5.88. The minimum absolute atomic E-state index is 0.0227. The average molecular weight is 626 g/mol. The molecule has 242 valence electrons. The first-order valence-corrected chi connectivity index (χ1v) is 15.6. The zero-order valence-electron chi connectivity index (χ0n) is 27.1. The minimum Gasteiger partial charge on any atom is -0.488 e. The second-order valence-electron chi connectivity index (χ2n) is 12.2.